The highest BCUT2D eigenvalue weighted by Crippen LogP contribution is 2.28. The molecule has 0 unspecified atom stereocenters. The second kappa shape index (κ2) is 6.26. The third-order valence-corrected chi connectivity index (χ3v) is 4.75. The molecule has 0 radical (unpaired) electrons. The van der Waals surface area contributed by atoms with E-state index in [1.54, 1.807) is 35.6 Å². The zero-order chi connectivity index (χ0) is 15.5. The van der Waals surface area contributed by atoms with Gasteiger partial charge in [0.25, 0.3) is 5.91 Å². The first-order valence-corrected chi connectivity index (χ1v) is 8.03. The van der Waals surface area contributed by atoms with Crippen molar-refractivity contribution in [1.82, 2.24) is 9.88 Å². The number of anilines is 1. The van der Waals surface area contributed by atoms with Crippen LogP contribution in [-0.4, -0.2) is 28.9 Å². The molecule has 1 amide bonds. The number of likely N-dealkylation sites (N-methyl/N-ethyl adjacent to an activating group) is 1. The van der Waals surface area contributed by atoms with Crippen molar-refractivity contribution in [2.45, 2.75) is 19.9 Å². The molecule has 0 fully saturated rings. The molecule has 6 heteroatoms. The predicted octanol–water partition coefficient (Wildman–Crippen LogP) is 2.65. The van der Waals surface area contributed by atoms with Crippen molar-refractivity contribution < 1.29 is 4.79 Å². The van der Waals surface area contributed by atoms with Gasteiger partial charge in [0.05, 0.1) is 17.3 Å². The Labute approximate surface area is 133 Å². The molecule has 0 spiro atoms. The van der Waals surface area contributed by atoms with Crippen LogP contribution >= 0.6 is 11.3 Å². The van der Waals surface area contributed by atoms with Gasteiger partial charge in [0.1, 0.15) is 0 Å². The number of carbonyl (C=O) groups is 1. The first-order chi connectivity index (χ1) is 10.7. The van der Waals surface area contributed by atoms with Crippen molar-refractivity contribution in [3.8, 4) is 6.07 Å². The Kier molecular flexibility index (Phi) is 4.18. The second-order valence-corrected chi connectivity index (χ2v) is 6.23. The van der Waals surface area contributed by atoms with Crippen molar-refractivity contribution in [3.05, 3.63) is 46.0 Å². The number of rotatable bonds is 3. The van der Waals surface area contributed by atoms with Gasteiger partial charge in [-0.05, 0) is 30.8 Å². The lowest BCUT2D eigenvalue weighted by Crippen LogP contribution is -2.29. The van der Waals surface area contributed by atoms with Crippen LogP contribution in [0.15, 0.2) is 24.3 Å². The molecule has 5 nitrogen and oxygen atoms in total. The summed E-state index contributed by atoms with van der Waals surface area (Å²) in [5, 5.41) is 12.3. The average molecular weight is 312 g/mol. The largest absolute Gasteiger partial charge is 0.298 e. The summed E-state index contributed by atoms with van der Waals surface area (Å²) in [4.78, 5) is 20.3. The number of nitriles is 1. The van der Waals surface area contributed by atoms with Gasteiger partial charge in [-0.25, -0.2) is 4.98 Å². The van der Waals surface area contributed by atoms with Crippen molar-refractivity contribution in [3.63, 3.8) is 0 Å². The van der Waals surface area contributed by atoms with Crippen molar-refractivity contribution in [2.75, 3.05) is 18.4 Å². The summed E-state index contributed by atoms with van der Waals surface area (Å²) < 4.78 is 0. The molecule has 0 bridgehead atoms. The number of carbonyl (C=O) groups excluding carboxylic acids is 1. The molecule has 0 saturated carbocycles. The summed E-state index contributed by atoms with van der Waals surface area (Å²) in [5.74, 6) is -0.192. The molecule has 1 aromatic heterocycles. The van der Waals surface area contributed by atoms with Crippen LogP contribution in [0.5, 0.6) is 0 Å². The first-order valence-electron chi connectivity index (χ1n) is 7.22. The molecular formula is C16H16N4OS. The zero-order valence-electron chi connectivity index (χ0n) is 12.3. The maximum Gasteiger partial charge on any atom is 0.257 e. The first kappa shape index (κ1) is 14.7. The Hall–Kier alpha value is -2.23. The Bertz CT molecular complexity index is 730. The molecule has 22 heavy (non-hydrogen) atoms. The van der Waals surface area contributed by atoms with E-state index in [1.807, 2.05) is 6.07 Å². The molecule has 2 aromatic rings. The molecule has 112 valence electrons. The zero-order valence-corrected chi connectivity index (χ0v) is 13.1. The Morgan fingerprint density at radius 2 is 2.23 bits per heavy atom. The number of fused-ring (bicyclic) bond motifs is 1. The Morgan fingerprint density at radius 3 is 2.91 bits per heavy atom. The van der Waals surface area contributed by atoms with Gasteiger partial charge in [0, 0.05) is 30.0 Å². The number of benzene rings is 1. The highest BCUT2D eigenvalue weighted by Gasteiger charge is 2.20. The topological polar surface area (TPSA) is 69.0 Å². The van der Waals surface area contributed by atoms with E-state index in [0.717, 1.165) is 31.7 Å². The number of amides is 1. The van der Waals surface area contributed by atoms with Gasteiger partial charge in [-0.2, -0.15) is 5.26 Å². The fourth-order valence-electron chi connectivity index (χ4n) is 2.44. The van der Waals surface area contributed by atoms with Crippen LogP contribution in [-0.2, 0) is 13.0 Å². The standard InChI is InChI=1S/C16H16N4OS/c1-2-20-8-7-13-14(10-20)22-16(18-13)19-15(21)12-5-3-11(9-17)4-6-12/h3-6H,2,7-8,10H2,1H3,(H,18,19,21). The van der Waals surface area contributed by atoms with Crippen LogP contribution < -0.4 is 5.32 Å². The van der Waals surface area contributed by atoms with Crippen LogP contribution in [0, 0.1) is 11.3 Å². The average Bonchev–Trinajstić information content (AvgIpc) is 2.95. The molecule has 2 heterocycles. The predicted molar refractivity (Wildman–Crippen MR) is 85.9 cm³/mol. The summed E-state index contributed by atoms with van der Waals surface area (Å²) in [7, 11) is 0. The quantitative estimate of drug-likeness (QED) is 0.946. The van der Waals surface area contributed by atoms with Gasteiger partial charge in [-0.3, -0.25) is 15.0 Å². The minimum atomic E-state index is -0.192. The SMILES string of the molecule is CCN1CCc2nc(NC(=O)c3ccc(C#N)cc3)sc2C1. The van der Waals surface area contributed by atoms with Gasteiger partial charge in [-0.15, -0.1) is 11.3 Å². The third-order valence-electron chi connectivity index (χ3n) is 3.75. The highest BCUT2D eigenvalue weighted by atomic mass is 32.1. The minimum Gasteiger partial charge on any atom is -0.298 e. The molecule has 1 N–H and O–H groups in total. The minimum absolute atomic E-state index is 0.192. The van der Waals surface area contributed by atoms with Gasteiger partial charge in [0.2, 0.25) is 0 Å². The summed E-state index contributed by atoms with van der Waals surface area (Å²) in [6.45, 7) is 5.12. The van der Waals surface area contributed by atoms with Gasteiger partial charge in [0.15, 0.2) is 5.13 Å². The summed E-state index contributed by atoms with van der Waals surface area (Å²) >= 11 is 1.55. The number of hydrogen-bond donors (Lipinski definition) is 1. The van der Waals surface area contributed by atoms with E-state index in [1.165, 1.54) is 4.88 Å². The normalized spacial score (nSPS) is 14.2. The maximum atomic E-state index is 12.2. The summed E-state index contributed by atoms with van der Waals surface area (Å²) in [6, 6.07) is 8.62. The van der Waals surface area contributed by atoms with Gasteiger partial charge < -0.3 is 0 Å². The lowest BCUT2D eigenvalue weighted by atomic mass is 10.1. The highest BCUT2D eigenvalue weighted by molar-refractivity contribution is 7.15. The second-order valence-electron chi connectivity index (χ2n) is 5.15. The third kappa shape index (κ3) is 3.01. The van der Waals surface area contributed by atoms with E-state index in [-0.39, 0.29) is 5.91 Å². The summed E-state index contributed by atoms with van der Waals surface area (Å²) in [5.41, 5.74) is 2.17. The lowest BCUT2D eigenvalue weighted by Gasteiger charge is -2.23. The molecule has 0 aliphatic carbocycles. The number of aromatic nitrogens is 1. The van der Waals surface area contributed by atoms with Gasteiger partial charge in [-0.1, -0.05) is 6.92 Å². The van der Waals surface area contributed by atoms with Crippen LogP contribution in [0.1, 0.15) is 33.4 Å². The molecule has 1 aliphatic rings. The van der Waals surface area contributed by atoms with Crippen molar-refractivity contribution in [2.24, 2.45) is 0 Å². The van der Waals surface area contributed by atoms with Crippen LogP contribution in [0.2, 0.25) is 0 Å². The van der Waals surface area contributed by atoms with E-state index in [9.17, 15) is 4.79 Å². The fourth-order valence-corrected chi connectivity index (χ4v) is 3.48. The van der Waals surface area contributed by atoms with Crippen molar-refractivity contribution >= 4 is 22.4 Å². The van der Waals surface area contributed by atoms with Crippen LogP contribution in [0.3, 0.4) is 0 Å². The Morgan fingerprint density at radius 1 is 1.45 bits per heavy atom. The number of nitrogens with one attached hydrogen (secondary N) is 1. The monoisotopic (exact) mass is 312 g/mol. The molecule has 0 saturated heterocycles. The van der Waals surface area contributed by atoms with Crippen molar-refractivity contribution in [1.29, 1.82) is 5.26 Å². The molecule has 0 atom stereocenters. The lowest BCUT2D eigenvalue weighted by molar-refractivity contribution is 0.102. The van der Waals surface area contributed by atoms with E-state index in [4.69, 9.17) is 5.26 Å². The fraction of sp³-hybridized carbons (Fsp3) is 0.312. The number of thiazole rings is 1. The molecule has 3 rings (SSSR count). The van der Waals surface area contributed by atoms with Gasteiger partial charge >= 0.3 is 0 Å². The molecule has 1 aliphatic heterocycles. The summed E-state index contributed by atoms with van der Waals surface area (Å²) in [6.07, 6.45) is 0.937. The van der Waals surface area contributed by atoms with E-state index in [2.05, 4.69) is 22.1 Å². The smallest absolute Gasteiger partial charge is 0.257 e. The number of hydrogen-bond acceptors (Lipinski definition) is 5. The van der Waals surface area contributed by atoms with Crippen LogP contribution in [0.25, 0.3) is 0 Å². The van der Waals surface area contributed by atoms with E-state index >= 15 is 0 Å². The van der Waals surface area contributed by atoms with Crippen LogP contribution in [0.4, 0.5) is 5.13 Å². The van der Waals surface area contributed by atoms with E-state index < -0.39 is 0 Å². The molecular weight excluding hydrogens is 296 g/mol. The van der Waals surface area contributed by atoms with E-state index in [0.29, 0.717) is 16.3 Å². The molecule has 1 aromatic carbocycles. The maximum absolute atomic E-state index is 12.2. The Balaban J connectivity index is 1.72. The number of nitrogens with zero attached hydrogens (tertiary/aromatic N) is 3.